The fourth-order valence-corrected chi connectivity index (χ4v) is 7.54. The SMILES string of the molecule is COc1cc(OC)c(-c2sc(-c3sc(-c4c(OC)cc(OC)cc4OC)c(C)c3C)c(C)c2C)c(OC)c1. The van der Waals surface area contributed by atoms with Crippen LogP contribution in [0, 0.1) is 27.7 Å². The zero-order valence-corrected chi connectivity index (χ0v) is 25.2. The number of rotatable bonds is 9. The van der Waals surface area contributed by atoms with Crippen LogP contribution < -0.4 is 28.4 Å². The van der Waals surface area contributed by atoms with Crippen LogP contribution >= 0.6 is 22.7 Å². The van der Waals surface area contributed by atoms with Crippen molar-refractivity contribution in [2.45, 2.75) is 27.7 Å². The summed E-state index contributed by atoms with van der Waals surface area (Å²) in [5.41, 5.74) is 6.70. The summed E-state index contributed by atoms with van der Waals surface area (Å²) >= 11 is 3.50. The third-order valence-corrected chi connectivity index (χ3v) is 9.97. The first-order valence-electron chi connectivity index (χ1n) is 12.1. The van der Waals surface area contributed by atoms with E-state index in [0.717, 1.165) is 20.9 Å². The highest BCUT2D eigenvalue weighted by molar-refractivity contribution is 7.25. The normalized spacial score (nSPS) is 10.9. The Morgan fingerprint density at radius 3 is 0.895 bits per heavy atom. The summed E-state index contributed by atoms with van der Waals surface area (Å²) in [6.07, 6.45) is 0. The van der Waals surface area contributed by atoms with Gasteiger partial charge in [-0.3, -0.25) is 0 Å². The molecule has 0 saturated heterocycles. The second-order valence-corrected chi connectivity index (χ2v) is 10.9. The van der Waals surface area contributed by atoms with Crippen molar-refractivity contribution in [1.29, 1.82) is 0 Å². The zero-order chi connectivity index (χ0) is 27.7. The standard InChI is InChI=1S/C30H34O6S2/c1-15-17(3)29(37-27(15)25-21(33-7)11-19(31-5)12-22(25)34-8)30-18(4)16(2)28(38-30)26-23(35-9)13-20(32-6)14-24(26)36-10/h11-14H,1-10H3. The Balaban J connectivity index is 1.94. The van der Waals surface area contributed by atoms with Gasteiger partial charge < -0.3 is 28.4 Å². The summed E-state index contributed by atoms with van der Waals surface area (Å²) in [4.78, 5) is 4.67. The van der Waals surface area contributed by atoms with Crippen LogP contribution in [0.4, 0.5) is 0 Å². The molecule has 2 aromatic carbocycles. The van der Waals surface area contributed by atoms with Crippen LogP contribution in [0.3, 0.4) is 0 Å². The molecule has 0 unspecified atom stereocenters. The molecule has 2 aromatic heterocycles. The molecular weight excluding hydrogens is 520 g/mol. The van der Waals surface area contributed by atoms with Crippen molar-refractivity contribution in [3.63, 3.8) is 0 Å². The van der Waals surface area contributed by atoms with Gasteiger partial charge in [0.15, 0.2) is 0 Å². The van der Waals surface area contributed by atoms with E-state index in [-0.39, 0.29) is 0 Å². The fraction of sp³-hybridized carbons (Fsp3) is 0.333. The van der Waals surface area contributed by atoms with E-state index in [2.05, 4.69) is 27.7 Å². The topological polar surface area (TPSA) is 55.4 Å². The molecule has 0 aliphatic heterocycles. The molecule has 0 bridgehead atoms. The van der Waals surface area contributed by atoms with E-state index in [1.54, 1.807) is 65.3 Å². The quantitative estimate of drug-likeness (QED) is 0.208. The van der Waals surface area contributed by atoms with Gasteiger partial charge >= 0.3 is 0 Å². The van der Waals surface area contributed by atoms with Gasteiger partial charge in [-0.2, -0.15) is 0 Å². The largest absolute Gasteiger partial charge is 0.496 e. The van der Waals surface area contributed by atoms with Crippen LogP contribution in [0.15, 0.2) is 24.3 Å². The van der Waals surface area contributed by atoms with Gasteiger partial charge in [0.1, 0.15) is 34.5 Å². The first kappa shape index (κ1) is 27.7. The van der Waals surface area contributed by atoms with Crippen molar-refractivity contribution in [2.24, 2.45) is 0 Å². The lowest BCUT2D eigenvalue weighted by molar-refractivity contribution is 0.377. The van der Waals surface area contributed by atoms with Crippen molar-refractivity contribution >= 4 is 22.7 Å². The van der Waals surface area contributed by atoms with E-state index in [4.69, 9.17) is 28.4 Å². The van der Waals surface area contributed by atoms with E-state index in [9.17, 15) is 0 Å². The molecule has 4 rings (SSSR count). The van der Waals surface area contributed by atoms with E-state index in [1.165, 1.54) is 32.0 Å². The summed E-state index contributed by atoms with van der Waals surface area (Å²) < 4.78 is 34.0. The van der Waals surface area contributed by atoms with Gasteiger partial charge in [-0.15, -0.1) is 22.7 Å². The van der Waals surface area contributed by atoms with Gasteiger partial charge in [0, 0.05) is 43.8 Å². The molecule has 0 aliphatic rings. The van der Waals surface area contributed by atoms with Crippen LogP contribution in [-0.4, -0.2) is 42.7 Å². The average molecular weight is 555 g/mol. The monoisotopic (exact) mass is 554 g/mol. The Morgan fingerprint density at radius 2 is 0.658 bits per heavy atom. The van der Waals surface area contributed by atoms with Gasteiger partial charge in [-0.1, -0.05) is 0 Å². The lowest BCUT2D eigenvalue weighted by Crippen LogP contribution is -1.95. The maximum atomic E-state index is 5.78. The molecule has 0 saturated carbocycles. The molecule has 0 fully saturated rings. The second-order valence-electron chi connectivity index (χ2n) is 8.83. The van der Waals surface area contributed by atoms with Gasteiger partial charge in [-0.25, -0.2) is 0 Å². The molecule has 6 nitrogen and oxygen atoms in total. The lowest BCUT2D eigenvalue weighted by atomic mass is 10.0. The molecule has 0 radical (unpaired) electrons. The molecule has 0 aliphatic carbocycles. The number of ether oxygens (including phenoxy) is 6. The van der Waals surface area contributed by atoms with Crippen molar-refractivity contribution in [3.8, 4) is 65.1 Å². The van der Waals surface area contributed by atoms with Gasteiger partial charge in [0.05, 0.1) is 53.8 Å². The van der Waals surface area contributed by atoms with Gasteiger partial charge in [-0.05, 0) is 49.9 Å². The summed E-state index contributed by atoms with van der Waals surface area (Å²) in [6.45, 7) is 8.66. The molecule has 0 amide bonds. The predicted octanol–water partition coefficient (Wildman–Crippen LogP) is 8.10. The number of thiophene rings is 2. The van der Waals surface area contributed by atoms with Crippen molar-refractivity contribution in [2.75, 3.05) is 42.7 Å². The van der Waals surface area contributed by atoms with Crippen LogP contribution in [0.25, 0.3) is 30.6 Å². The average Bonchev–Trinajstić information content (AvgIpc) is 3.40. The van der Waals surface area contributed by atoms with E-state index < -0.39 is 0 Å². The van der Waals surface area contributed by atoms with Gasteiger partial charge in [0.2, 0.25) is 0 Å². The van der Waals surface area contributed by atoms with Crippen LogP contribution in [0.5, 0.6) is 34.5 Å². The zero-order valence-electron chi connectivity index (χ0n) is 23.6. The summed E-state index contributed by atoms with van der Waals surface area (Å²) in [5, 5.41) is 0. The number of benzene rings is 2. The van der Waals surface area contributed by atoms with E-state index in [0.29, 0.717) is 34.5 Å². The maximum absolute atomic E-state index is 5.78. The molecule has 4 aromatic rings. The first-order chi connectivity index (χ1) is 18.2. The molecule has 202 valence electrons. The minimum Gasteiger partial charge on any atom is -0.496 e. The fourth-order valence-electron chi connectivity index (χ4n) is 4.56. The molecule has 0 atom stereocenters. The lowest BCUT2D eigenvalue weighted by Gasteiger charge is -2.15. The minimum absolute atomic E-state index is 0.686. The molecular formula is C30H34O6S2. The molecule has 0 spiro atoms. The summed E-state index contributed by atoms with van der Waals surface area (Å²) in [6, 6.07) is 7.58. The predicted molar refractivity (Wildman–Crippen MR) is 157 cm³/mol. The number of hydrogen-bond donors (Lipinski definition) is 0. The highest BCUT2D eigenvalue weighted by atomic mass is 32.1. The van der Waals surface area contributed by atoms with Crippen LogP contribution in [0.1, 0.15) is 22.3 Å². The second kappa shape index (κ2) is 11.2. The van der Waals surface area contributed by atoms with E-state index >= 15 is 0 Å². The van der Waals surface area contributed by atoms with Crippen LogP contribution in [0.2, 0.25) is 0 Å². The Kier molecular flexibility index (Phi) is 8.13. The third kappa shape index (κ3) is 4.56. The number of methoxy groups -OCH3 is 6. The summed E-state index contributed by atoms with van der Waals surface area (Å²) in [7, 11) is 9.95. The first-order valence-corrected chi connectivity index (χ1v) is 13.7. The summed E-state index contributed by atoms with van der Waals surface area (Å²) in [5.74, 6) is 4.22. The van der Waals surface area contributed by atoms with Crippen LogP contribution in [-0.2, 0) is 0 Å². The van der Waals surface area contributed by atoms with E-state index in [1.807, 2.05) is 24.3 Å². The smallest absolute Gasteiger partial charge is 0.134 e. The molecule has 2 heterocycles. The third-order valence-electron chi connectivity index (χ3n) is 6.99. The Hall–Kier alpha value is -3.36. The maximum Gasteiger partial charge on any atom is 0.134 e. The molecule has 38 heavy (non-hydrogen) atoms. The Morgan fingerprint density at radius 1 is 0.395 bits per heavy atom. The highest BCUT2D eigenvalue weighted by Gasteiger charge is 2.27. The Bertz CT molecular complexity index is 1320. The van der Waals surface area contributed by atoms with Crippen molar-refractivity contribution < 1.29 is 28.4 Å². The van der Waals surface area contributed by atoms with Crippen molar-refractivity contribution in [1.82, 2.24) is 0 Å². The number of hydrogen-bond acceptors (Lipinski definition) is 8. The Labute approximate surface area is 232 Å². The van der Waals surface area contributed by atoms with Crippen molar-refractivity contribution in [3.05, 3.63) is 46.5 Å². The minimum atomic E-state index is 0.686. The highest BCUT2D eigenvalue weighted by Crippen LogP contribution is 2.54. The molecule has 0 N–H and O–H groups in total. The van der Waals surface area contributed by atoms with Gasteiger partial charge in [0.25, 0.3) is 0 Å². The molecule has 8 heteroatoms.